The van der Waals surface area contributed by atoms with Crippen LogP contribution in [0.5, 0.6) is 0 Å². The summed E-state index contributed by atoms with van der Waals surface area (Å²) in [6.45, 7) is -0.341. The summed E-state index contributed by atoms with van der Waals surface area (Å²) >= 11 is 0. The topological polar surface area (TPSA) is 61.4 Å². The van der Waals surface area contributed by atoms with E-state index in [9.17, 15) is 22.8 Å². The molecule has 0 spiro atoms. The Bertz CT molecular complexity index is 1060. The van der Waals surface area contributed by atoms with Gasteiger partial charge in [-0.2, -0.15) is 13.2 Å². The minimum absolute atomic E-state index is 0.0996. The van der Waals surface area contributed by atoms with Crippen LogP contribution >= 0.6 is 0 Å². The van der Waals surface area contributed by atoms with E-state index in [1.54, 1.807) is 6.07 Å². The van der Waals surface area contributed by atoms with Crippen molar-refractivity contribution in [2.45, 2.75) is 6.18 Å². The highest BCUT2D eigenvalue weighted by Gasteiger charge is 2.33. The Morgan fingerprint density at radius 1 is 0.800 bits per heavy atom. The molecule has 0 aliphatic carbocycles. The van der Waals surface area contributed by atoms with Gasteiger partial charge in [0.05, 0.1) is 24.3 Å². The highest BCUT2D eigenvalue weighted by molar-refractivity contribution is 6.03. The van der Waals surface area contributed by atoms with Crippen molar-refractivity contribution in [3.63, 3.8) is 0 Å². The third-order valence-corrected chi connectivity index (χ3v) is 4.40. The van der Waals surface area contributed by atoms with Crippen LogP contribution in [-0.4, -0.2) is 36.9 Å². The molecule has 0 bridgehead atoms. The predicted molar refractivity (Wildman–Crippen MR) is 110 cm³/mol. The van der Waals surface area contributed by atoms with Crippen LogP contribution in [0.3, 0.4) is 0 Å². The van der Waals surface area contributed by atoms with Crippen molar-refractivity contribution < 1.29 is 22.8 Å². The predicted octanol–water partition coefficient (Wildman–Crippen LogP) is 4.37. The first kappa shape index (κ1) is 21.3. The summed E-state index contributed by atoms with van der Waals surface area (Å²) in [5.41, 5.74) is -0.589. The second-order valence-corrected chi connectivity index (χ2v) is 6.84. The average Bonchev–Trinajstić information content (AvgIpc) is 2.67. The number of alkyl halides is 3. The Labute approximate surface area is 171 Å². The van der Waals surface area contributed by atoms with Crippen LogP contribution in [0.2, 0.25) is 0 Å². The molecule has 0 aliphatic heterocycles. The van der Waals surface area contributed by atoms with E-state index in [0.717, 1.165) is 16.8 Å². The number of fused-ring (bicyclic) bond motifs is 1. The number of likely N-dealkylation sites (N-methyl/N-ethyl adjacent to an activating group) is 1. The Kier molecular flexibility index (Phi) is 6.37. The monoisotopic (exact) mass is 415 g/mol. The summed E-state index contributed by atoms with van der Waals surface area (Å²) < 4.78 is 39.1. The van der Waals surface area contributed by atoms with Gasteiger partial charge in [-0.05, 0) is 30.6 Å². The molecule has 3 rings (SSSR count). The summed E-state index contributed by atoms with van der Waals surface area (Å²) in [5, 5.41) is 6.93. The van der Waals surface area contributed by atoms with Crippen LogP contribution in [-0.2, 0) is 15.8 Å². The molecular formula is C22H20F3N3O2. The van der Waals surface area contributed by atoms with Crippen molar-refractivity contribution in [1.29, 1.82) is 0 Å². The fourth-order valence-corrected chi connectivity index (χ4v) is 3.10. The molecular weight excluding hydrogens is 395 g/mol. The summed E-state index contributed by atoms with van der Waals surface area (Å²) in [4.78, 5) is 25.9. The number of anilines is 2. The maximum atomic E-state index is 13.0. The molecule has 0 fully saturated rings. The molecule has 2 N–H and O–H groups in total. The van der Waals surface area contributed by atoms with E-state index >= 15 is 0 Å². The van der Waals surface area contributed by atoms with Gasteiger partial charge in [-0.25, -0.2) is 0 Å². The Balaban J connectivity index is 1.58. The molecule has 0 unspecified atom stereocenters. The van der Waals surface area contributed by atoms with Gasteiger partial charge in [0.15, 0.2) is 0 Å². The number of hydrogen-bond acceptors (Lipinski definition) is 3. The number of nitrogens with zero attached hydrogens (tertiary/aromatic N) is 1. The van der Waals surface area contributed by atoms with Gasteiger partial charge in [0.2, 0.25) is 11.8 Å². The molecule has 156 valence electrons. The molecule has 3 aromatic carbocycles. The summed E-state index contributed by atoms with van der Waals surface area (Å²) in [6, 6.07) is 17.9. The second-order valence-electron chi connectivity index (χ2n) is 6.84. The molecule has 0 aromatic heterocycles. The van der Waals surface area contributed by atoms with E-state index < -0.39 is 17.6 Å². The zero-order valence-corrected chi connectivity index (χ0v) is 16.2. The number of para-hydroxylation sites is 1. The maximum absolute atomic E-state index is 13.0. The third-order valence-electron chi connectivity index (χ3n) is 4.40. The summed E-state index contributed by atoms with van der Waals surface area (Å²) in [7, 11) is 1.54. The normalized spacial score (nSPS) is 11.5. The van der Waals surface area contributed by atoms with Crippen LogP contribution < -0.4 is 10.6 Å². The molecule has 0 saturated heterocycles. The first-order valence-corrected chi connectivity index (χ1v) is 9.16. The zero-order valence-electron chi connectivity index (χ0n) is 16.2. The van der Waals surface area contributed by atoms with Gasteiger partial charge in [-0.15, -0.1) is 0 Å². The van der Waals surface area contributed by atoms with E-state index in [0.29, 0.717) is 5.69 Å². The Hall–Kier alpha value is -3.39. The van der Waals surface area contributed by atoms with Gasteiger partial charge in [0.1, 0.15) is 0 Å². The average molecular weight is 415 g/mol. The van der Waals surface area contributed by atoms with Gasteiger partial charge >= 0.3 is 6.18 Å². The summed E-state index contributed by atoms with van der Waals surface area (Å²) in [6.07, 6.45) is -4.58. The molecule has 0 saturated carbocycles. The van der Waals surface area contributed by atoms with Crippen LogP contribution in [0.15, 0.2) is 66.7 Å². The highest BCUT2D eigenvalue weighted by Crippen LogP contribution is 2.34. The fraction of sp³-hybridized carbons (Fsp3) is 0.182. The molecule has 3 aromatic rings. The van der Waals surface area contributed by atoms with Gasteiger partial charge < -0.3 is 10.6 Å². The number of amides is 2. The lowest BCUT2D eigenvalue weighted by Crippen LogP contribution is -2.36. The third kappa shape index (κ3) is 5.36. The van der Waals surface area contributed by atoms with Gasteiger partial charge in [0.25, 0.3) is 0 Å². The lowest BCUT2D eigenvalue weighted by Gasteiger charge is -2.18. The van der Waals surface area contributed by atoms with Gasteiger partial charge in [-0.3, -0.25) is 14.5 Å². The molecule has 0 radical (unpaired) electrons. The minimum atomic E-state index is -4.58. The SMILES string of the molecule is CN(CC(=O)Nc1ccccc1C(F)(F)F)CC(=O)Nc1cccc2ccccc12. The number of hydrogen-bond donors (Lipinski definition) is 2. The van der Waals surface area contributed by atoms with Gasteiger partial charge in [0, 0.05) is 11.1 Å². The maximum Gasteiger partial charge on any atom is 0.418 e. The van der Waals surface area contributed by atoms with E-state index in [1.807, 2.05) is 36.4 Å². The van der Waals surface area contributed by atoms with Crippen LogP contribution in [0.1, 0.15) is 5.56 Å². The van der Waals surface area contributed by atoms with Crippen molar-refractivity contribution in [3.05, 3.63) is 72.3 Å². The number of nitrogens with one attached hydrogen (secondary N) is 2. The van der Waals surface area contributed by atoms with E-state index in [4.69, 9.17) is 0 Å². The molecule has 8 heteroatoms. The van der Waals surface area contributed by atoms with Crippen LogP contribution in [0.4, 0.5) is 24.5 Å². The summed E-state index contributed by atoms with van der Waals surface area (Å²) in [5.74, 6) is -0.982. The van der Waals surface area contributed by atoms with E-state index in [2.05, 4.69) is 10.6 Å². The number of carbonyl (C=O) groups is 2. The number of halogens is 3. The molecule has 0 aliphatic rings. The van der Waals surface area contributed by atoms with E-state index in [1.165, 1.54) is 30.1 Å². The molecule has 0 heterocycles. The van der Waals surface area contributed by atoms with Crippen molar-refractivity contribution >= 4 is 34.0 Å². The highest BCUT2D eigenvalue weighted by atomic mass is 19.4. The molecule has 0 atom stereocenters. The molecule has 5 nitrogen and oxygen atoms in total. The molecule has 2 amide bonds. The van der Waals surface area contributed by atoms with Crippen LogP contribution in [0, 0.1) is 0 Å². The fourth-order valence-electron chi connectivity index (χ4n) is 3.10. The lowest BCUT2D eigenvalue weighted by molar-refractivity contribution is -0.137. The smallest absolute Gasteiger partial charge is 0.324 e. The first-order chi connectivity index (χ1) is 14.2. The largest absolute Gasteiger partial charge is 0.418 e. The number of rotatable bonds is 6. The first-order valence-electron chi connectivity index (χ1n) is 9.16. The zero-order chi connectivity index (χ0) is 21.7. The number of benzene rings is 3. The Morgan fingerprint density at radius 3 is 2.03 bits per heavy atom. The minimum Gasteiger partial charge on any atom is -0.324 e. The number of carbonyl (C=O) groups excluding carboxylic acids is 2. The molecule has 30 heavy (non-hydrogen) atoms. The quantitative estimate of drug-likeness (QED) is 0.629. The van der Waals surface area contributed by atoms with Gasteiger partial charge in [-0.1, -0.05) is 48.5 Å². The van der Waals surface area contributed by atoms with E-state index in [-0.39, 0.29) is 24.7 Å². The Morgan fingerprint density at radius 2 is 1.33 bits per heavy atom. The lowest BCUT2D eigenvalue weighted by atomic mass is 10.1. The second kappa shape index (κ2) is 8.96. The van der Waals surface area contributed by atoms with Crippen molar-refractivity contribution in [2.24, 2.45) is 0 Å². The van der Waals surface area contributed by atoms with Crippen LogP contribution in [0.25, 0.3) is 10.8 Å². The van der Waals surface area contributed by atoms with Crippen molar-refractivity contribution in [3.8, 4) is 0 Å². The van der Waals surface area contributed by atoms with Crippen molar-refractivity contribution in [2.75, 3.05) is 30.8 Å². The standard InChI is InChI=1S/C22H20F3N3O2/c1-28(14-21(30)27-19-11-5-4-10-17(19)22(23,24)25)13-20(29)26-18-12-6-8-15-7-2-3-9-16(15)18/h2-12H,13-14H2,1H3,(H,26,29)(H,27,30). The van der Waals surface area contributed by atoms with Crippen molar-refractivity contribution in [1.82, 2.24) is 4.90 Å².